The molecule has 0 aliphatic carbocycles. The molecule has 1 N–H and O–H groups in total. The van der Waals surface area contributed by atoms with E-state index in [-0.39, 0.29) is 18.8 Å². The van der Waals surface area contributed by atoms with E-state index in [0.29, 0.717) is 6.42 Å². The maximum atomic E-state index is 10.9. The molecule has 0 spiro atoms. The Balaban J connectivity index is 2.43. The van der Waals surface area contributed by atoms with E-state index < -0.39 is 5.97 Å². The summed E-state index contributed by atoms with van der Waals surface area (Å²) in [6.45, 7) is 0. The van der Waals surface area contributed by atoms with Crippen molar-refractivity contribution in [2.45, 2.75) is 25.7 Å². The summed E-state index contributed by atoms with van der Waals surface area (Å²) in [5.74, 6) is -1.02. The molecule has 0 heterocycles. The second-order valence-corrected chi connectivity index (χ2v) is 4.17. The molecule has 102 valence electrons. The lowest BCUT2D eigenvalue weighted by Gasteiger charge is -2.00. The van der Waals surface area contributed by atoms with Crippen LogP contribution in [-0.4, -0.2) is 24.2 Å². The number of hydrogen-bond acceptors (Lipinski definition) is 3. The Kier molecular flexibility index (Phi) is 6.36. The summed E-state index contributed by atoms with van der Waals surface area (Å²) >= 11 is 0. The fraction of sp³-hybridized carbons (Fsp3) is 0.333. The molecule has 0 saturated carbocycles. The van der Waals surface area contributed by atoms with Crippen molar-refractivity contribution >= 4 is 18.0 Å². The quantitative estimate of drug-likeness (QED) is 0.767. The van der Waals surface area contributed by atoms with E-state index in [2.05, 4.69) is 4.74 Å². The normalized spacial score (nSPS) is 10.6. The Morgan fingerprint density at radius 1 is 1.26 bits per heavy atom. The van der Waals surface area contributed by atoms with Crippen molar-refractivity contribution in [2.24, 2.45) is 0 Å². The molecule has 0 aromatic heterocycles. The number of esters is 1. The van der Waals surface area contributed by atoms with Crippen molar-refractivity contribution in [3.05, 3.63) is 41.5 Å². The van der Waals surface area contributed by atoms with Crippen LogP contribution in [0.1, 0.15) is 30.4 Å². The van der Waals surface area contributed by atoms with E-state index in [1.807, 2.05) is 30.3 Å². The average Bonchev–Trinajstić information content (AvgIpc) is 2.40. The highest BCUT2D eigenvalue weighted by Gasteiger charge is 1.98. The minimum Gasteiger partial charge on any atom is -0.481 e. The minimum absolute atomic E-state index is 0.195. The van der Waals surface area contributed by atoms with E-state index in [9.17, 15) is 9.59 Å². The number of hydrogen-bond donors (Lipinski definition) is 1. The first kappa shape index (κ1) is 15.0. The lowest BCUT2D eigenvalue weighted by atomic mass is 10.1. The largest absolute Gasteiger partial charge is 0.481 e. The molecule has 4 nitrogen and oxygen atoms in total. The van der Waals surface area contributed by atoms with Gasteiger partial charge in [-0.25, -0.2) is 0 Å². The van der Waals surface area contributed by atoms with E-state index >= 15 is 0 Å². The van der Waals surface area contributed by atoms with E-state index in [0.717, 1.165) is 17.5 Å². The average molecular weight is 262 g/mol. The number of rotatable bonds is 7. The number of ether oxygens (including phenoxy) is 1. The minimum atomic E-state index is -0.762. The van der Waals surface area contributed by atoms with Gasteiger partial charge in [0.25, 0.3) is 0 Å². The molecular weight excluding hydrogens is 244 g/mol. The topological polar surface area (TPSA) is 63.6 Å². The fourth-order valence-corrected chi connectivity index (χ4v) is 1.61. The molecule has 0 bridgehead atoms. The molecule has 0 unspecified atom stereocenters. The van der Waals surface area contributed by atoms with Gasteiger partial charge in [0.15, 0.2) is 0 Å². The van der Waals surface area contributed by atoms with Crippen molar-refractivity contribution in [1.29, 1.82) is 0 Å². The monoisotopic (exact) mass is 262 g/mol. The van der Waals surface area contributed by atoms with Crippen LogP contribution in [0.2, 0.25) is 0 Å². The molecule has 0 radical (unpaired) electrons. The van der Waals surface area contributed by atoms with Gasteiger partial charge >= 0.3 is 11.9 Å². The Morgan fingerprint density at radius 3 is 2.53 bits per heavy atom. The molecule has 19 heavy (non-hydrogen) atoms. The number of aliphatic carboxylic acids is 1. The fourth-order valence-electron chi connectivity index (χ4n) is 1.61. The van der Waals surface area contributed by atoms with E-state index in [1.165, 1.54) is 7.11 Å². The third kappa shape index (κ3) is 6.41. The first-order valence-electron chi connectivity index (χ1n) is 6.16. The molecule has 0 amide bonds. The molecule has 0 aliphatic heterocycles. The van der Waals surface area contributed by atoms with Gasteiger partial charge < -0.3 is 9.84 Å². The van der Waals surface area contributed by atoms with Crippen LogP contribution in [0.15, 0.2) is 30.3 Å². The first-order chi connectivity index (χ1) is 9.11. The van der Waals surface area contributed by atoms with Crippen LogP contribution in [0.25, 0.3) is 6.08 Å². The molecule has 4 heteroatoms. The number of carboxylic acids is 1. The molecule has 1 rings (SSSR count). The number of methoxy groups -OCH3 is 1. The van der Waals surface area contributed by atoms with Crippen LogP contribution in [0.3, 0.4) is 0 Å². The Labute approximate surface area is 112 Å². The number of benzene rings is 1. The van der Waals surface area contributed by atoms with Gasteiger partial charge in [0.2, 0.25) is 0 Å². The standard InChI is InChI=1S/C15H18O4/c1-19-15(18)7-3-5-13-10-8-12(9-11-13)4-2-6-14(16)17/h3,5,8-11H,2,4,6-7H2,1H3,(H,16,17). The molecule has 0 saturated heterocycles. The van der Waals surface area contributed by atoms with Crippen LogP contribution in [0.5, 0.6) is 0 Å². The number of carbonyl (C=O) groups is 2. The SMILES string of the molecule is COC(=O)CC=Cc1ccc(CCCC(=O)O)cc1. The van der Waals surface area contributed by atoms with Crippen molar-refractivity contribution in [1.82, 2.24) is 0 Å². The maximum Gasteiger partial charge on any atom is 0.309 e. The lowest BCUT2D eigenvalue weighted by molar-refractivity contribution is -0.139. The van der Waals surface area contributed by atoms with Crippen LogP contribution < -0.4 is 0 Å². The molecule has 1 aromatic rings. The summed E-state index contributed by atoms with van der Waals surface area (Å²) in [4.78, 5) is 21.3. The zero-order valence-electron chi connectivity index (χ0n) is 11.0. The maximum absolute atomic E-state index is 10.9. The zero-order valence-corrected chi connectivity index (χ0v) is 11.0. The van der Waals surface area contributed by atoms with Gasteiger partial charge in [0.1, 0.15) is 0 Å². The summed E-state index contributed by atoms with van der Waals surface area (Å²) in [6.07, 6.45) is 5.48. The smallest absolute Gasteiger partial charge is 0.309 e. The third-order valence-corrected chi connectivity index (χ3v) is 2.66. The van der Waals surface area contributed by atoms with Gasteiger partial charge in [-0.15, -0.1) is 0 Å². The van der Waals surface area contributed by atoms with Crippen LogP contribution in [0.4, 0.5) is 0 Å². The van der Waals surface area contributed by atoms with Crippen molar-refractivity contribution in [2.75, 3.05) is 7.11 Å². The highest BCUT2D eigenvalue weighted by molar-refractivity contribution is 5.72. The summed E-state index contributed by atoms with van der Waals surface area (Å²) in [5, 5.41) is 8.55. The van der Waals surface area contributed by atoms with Gasteiger partial charge in [-0.2, -0.15) is 0 Å². The summed E-state index contributed by atoms with van der Waals surface area (Å²) in [6, 6.07) is 7.84. The Morgan fingerprint density at radius 2 is 1.95 bits per heavy atom. The van der Waals surface area contributed by atoms with Crippen molar-refractivity contribution in [3.63, 3.8) is 0 Å². The van der Waals surface area contributed by atoms with Gasteiger partial charge in [0.05, 0.1) is 13.5 Å². The number of carbonyl (C=O) groups excluding carboxylic acids is 1. The molecule has 1 aromatic carbocycles. The van der Waals surface area contributed by atoms with Crippen molar-refractivity contribution in [3.8, 4) is 0 Å². The third-order valence-electron chi connectivity index (χ3n) is 2.66. The van der Waals surface area contributed by atoms with Crippen LogP contribution >= 0.6 is 0 Å². The lowest BCUT2D eigenvalue weighted by Crippen LogP contribution is -1.96. The highest BCUT2D eigenvalue weighted by Crippen LogP contribution is 2.09. The summed E-state index contributed by atoms with van der Waals surface area (Å²) < 4.78 is 4.53. The molecule has 0 fully saturated rings. The number of aryl methyl sites for hydroxylation is 1. The second kappa shape index (κ2) is 8.08. The molecule has 0 aliphatic rings. The molecular formula is C15H18O4. The molecule has 0 atom stereocenters. The van der Waals surface area contributed by atoms with Gasteiger partial charge in [0, 0.05) is 6.42 Å². The van der Waals surface area contributed by atoms with Crippen LogP contribution in [-0.2, 0) is 20.7 Å². The van der Waals surface area contributed by atoms with Crippen molar-refractivity contribution < 1.29 is 19.4 Å². The Hall–Kier alpha value is -2.10. The predicted octanol–water partition coefficient (Wildman–Crippen LogP) is 2.67. The van der Waals surface area contributed by atoms with Gasteiger partial charge in [-0.1, -0.05) is 36.4 Å². The predicted molar refractivity (Wildman–Crippen MR) is 72.7 cm³/mol. The van der Waals surface area contributed by atoms with E-state index in [1.54, 1.807) is 6.08 Å². The second-order valence-electron chi connectivity index (χ2n) is 4.17. The highest BCUT2D eigenvalue weighted by atomic mass is 16.5. The van der Waals surface area contributed by atoms with Gasteiger partial charge in [-0.05, 0) is 24.0 Å². The Bertz CT molecular complexity index is 446. The number of carboxylic acid groups (broad SMARTS) is 1. The zero-order chi connectivity index (χ0) is 14.1. The summed E-state index contributed by atoms with van der Waals surface area (Å²) in [7, 11) is 1.36. The van der Waals surface area contributed by atoms with Crippen LogP contribution in [0, 0.1) is 0 Å². The summed E-state index contributed by atoms with van der Waals surface area (Å²) in [5.41, 5.74) is 2.12. The first-order valence-corrected chi connectivity index (χ1v) is 6.16. The van der Waals surface area contributed by atoms with Gasteiger partial charge in [-0.3, -0.25) is 9.59 Å². The van der Waals surface area contributed by atoms with E-state index in [4.69, 9.17) is 5.11 Å².